The van der Waals surface area contributed by atoms with Gasteiger partial charge < -0.3 is 15.4 Å². The number of primary sulfonamides is 1. The van der Waals surface area contributed by atoms with Crippen LogP contribution in [0.25, 0.3) is 0 Å². The molecule has 0 saturated heterocycles. The average Bonchev–Trinajstić information content (AvgIpc) is 2.35. The van der Waals surface area contributed by atoms with E-state index >= 15 is 0 Å². The number of benzene rings is 1. The Balaban J connectivity index is 2.54. The summed E-state index contributed by atoms with van der Waals surface area (Å²) in [6.45, 7) is -0.139. The Bertz CT molecular complexity index is 597. The molecule has 110 valence electrons. The molecule has 0 spiro atoms. The quantitative estimate of drug-likeness (QED) is 0.369. The normalized spacial score (nSPS) is 10.9. The highest BCUT2D eigenvalue weighted by atomic mass is 32.2. The Labute approximate surface area is 116 Å². The molecule has 0 heterocycles. The van der Waals surface area contributed by atoms with Gasteiger partial charge in [0.2, 0.25) is 10.0 Å². The maximum Gasteiger partial charge on any atom is 0.325 e. The van der Waals surface area contributed by atoms with E-state index < -0.39 is 16.0 Å². The summed E-state index contributed by atoms with van der Waals surface area (Å²) in [6.07, 6.45) is 0. The Hall–Kier alpha value is -2.13. The van der Waals surface area contributed by atoms with Crippen molar-refractivity contribution < 1.29 is 17.9 Å². The van der Waals surface area contributed by atoms with E-state index in [9.17, 15) is 13.2 Å². The minimum absolute atomic E-state index is 0.00449. The van der Waals surface area contributed by atoms with Gasteiger partial charge in [0, 0.05) is 7.05 Å². The third-order valence-corrected chi connectivity index (χ3v) is 3.36. The molecule has 0 fully saturated rings. The van der Waals surface area contributed by atoms with E-state index in [1.165, 1.54) is 36.2 Å². The summed E-state index contributed by atoms with van der Waals surface area (Å²) in [6, 6.07) is 5.67. The monoisotopic (exact) mass is 300 g/mol. The molecule has 0 radical (unpaired) electrons. The van der Waals surface area contributed by atoms with Crippen molar-refractivity contribution >= 4 is 22.0 Å². The van der Waals surface area contributed by atoms with E-state index in [-0.39, 0.29) is 24.0 Å². The van der Waals surface area contributed by atoms with Gasteiger partial charge in [0.25, 0.3) is 0 Å². The molecule has 0 aliphatic carbocycles. The zero-order valence-corrected chi connectivity index (χ0v) is 11.7. The number of hydrogen-bond donors (Lipinski definition) is 3. The standard InChI is InChI=1S/C11H16N4O4S/c1-15(11(12)13)6-10(16)19-7-8-2-4-9(5-3-8)20(14,17)18/h2-5H,6-7H2,1H3,(H3,12,13)(H2,14,17,18). The number of sulfonamides is 1. The van der Waals surface area contributed by atoms with Gasteiger partial charge in [-0.25, -0.2) is 13.6 Å². The molecule has 0 aliphatic rings. The first-order chi connectivity index (χ1) is 9.20. The summed E-state index contributed by atoms with van der Waals surface area (Å²) in [7, 11) is -2.24. The first-order valence-electron chi connectivity index (χ1n) is 5.52. The van der Waals surface area contributed by atoms with Crippen molar-refractivity contribution in [3.05, 3.63) is 29.8 Å². The zero-order chi connectivity index (χ0) is 15.3. The molecule has 0 atom stereocenters. The van der Waals surface area contributed by atoms with Gasteiger partial charge in [-0.1, -0.05) is 12.1 Å². The van der Waals surface area contributed by atoms with Gasteiger partial charge >= 0.3 is 5.97 Å². The van der Waals surface area contributed by atoms with Gasteiger partial charge in [-0.3, -0.25) is 10.2 Å². The van der Waals surface area contributed by atoms with Crippen LogP contribution in [0.4, 0.5) is 0 Å². The van der Waals surface area contributed by atoms with Crippen LogP contribution in [0.15, 0.2) is 29.2 Å². The van der Waals surface area contributed by atoms with Crippen LogP contribution in [-0.4, -0.2) is 38.8 Å². The molecule has 1 aromatic rings. The second kappa shape index (κ2) is 6.35. The number of nitrogens with one attached hydrogen (secondary N) is 1. The number of carbonyl (C=O) groups excluding carboxylic acids is 1. The summed E-state index contributed by atoms with van der Waals surface area (Å²) < 4.78 is 27.1. The predicted octanol–water partition coefficient (Wildman–Crippen LogP) is -0.798. The van der Waals surface area contributed by atoms with Crippen LogP contribution in [-0.2, 0) is 26.2 Å². The van der Waals surface area contributed by atoms with Crippen LogP contribution in [0.5, 0.6) is 0 Å². The lowest BCUT2D eigenvalue weighted by Gasteiger charge is -2.15. The molecule has 0 saturated carbocycles. The van der Waals surface area contributed by atoms with Crippen molar-refractivity contribution in [2.45, 2.75) is 11.5 Å². The number of esters is 1. The summed E-state index contributed by atoms with van der Waals surface area (Å²) >= 11 is 0. The smallest absolute Gasteiger partial charge is 0.325 e. The van der Waals surface area contributed by atoms with Crippen molar-refractivity contribution in [2.75, 3.05) is 13.6 Å². The summed E-state index contributed by atoms with van der Waals surface area (Å²) in [5.74, 6) is -0.780. The molecular weight excluding hydrogens is 284 g/mol. The fraction of sp³-hybridized carbons (Fsp3) is 0.273. The number of guanidine groups is 1. The predicted molar refractivity (Wildman–Crippen MR) is 72.2 cm³/mol. The molecule has 0 amide bonds. The molecule has 0 unspecified atom stereocenters. The highest BCUT2D eigenvalue weighted by Gasteiger charge is 2.10. The number of likely N-dealkylation sites (N-methyl/N-ethyl adjacent to an activating group) is 1. The van der Waals surface area contributed by atoms with E-state index in [4.69, 9.17) is 21.0 Å². The van der Waals surface area contributed by atoms with Crippen LogP contribution in [0, 0.1) is 5.41 Å². The van der Waals surface area contributed by atoms with Crippen LogP contribution in [0.2, 0.25) is 0 Å². The van der Waals surface area contributed by atoms with E-state index in [1.807, 2.05) is 0 Å². The fourth-order valence-electron chi connectivity index (χ4n) is 1.26. The molecule has 0 bridgehead atoms. The zero-order valence-electron chi connectivity index (χ0n) is 10.9. The van der Waals surface area contributed by atoms with Crippen molar-refractivity contribution in [3.63, 3.8) is 0 Å². The van der Waals surface area contributed by atoms with Crippen LogP contribution >= 0.6 is 0 Å². The molecule has 5 N–H and O–H groups in total. The molecule has 0 aromatic heterocycles. The van der Waals surface area contributed by atoms with Crippen molar-refractivity contribution in [3.8, 4) is 0 Å². The second-order valence-electron chi connectivity index (χ2n) is 4.09. The van der Waals surface area contributed by atoms with Crippen LogP contribution < -0.4 is 10.9 Å². The number of rotatable bonds is 5. The minimum Gasteiger partial charge on any atom is -0.459 e. The maximum atomic E-state index is 11.4. The van der Waals surface area contributed by atoms with Gasteiger partial charge in [0.05, 0.1) is 4.90 Å². The third kappa shape index (κ3) is 4.86. The summed E-state index contributed by atoms with van der Waals surface area (Å²) in [5, 5.41) is 12.1. The minimum atomic E-state index is -3.73. The van der Waals surface area contributed by atoms with Crippen molar-refractivity contribution in [1.82, 2.24) is 4.90 Å². The molecule has 20 heavy (non-hydrogen) atoms. The molecule has 1 aromatic carbocycles. The van der Waals surface area contributed by atoms with Crippen LogP contribution in [0.3, 0.4) is 0 Å². The number of carbonyl (C=O) groups is 1. The largest absolute Gasteiger partial charge is 0.459 e. The number of nitrogens with two attached hydrogens (primary N) is 2. The molecule has 8 nitrogen and oxygen atoms in total. The van der Waals surface area contributed by atoms with Crippen molar-refractivity contribution in [2.24, 2.45) is 10.9 Å². The Kier molecular flexibility index (Phi) is 5.06. The average molecular weight is 300 g/mol. The van der Waals surface area contributed by atoms with Gasteiger partial charge in [0.15, 0.2) is 5.96 Å². The molecule has 1 rings (SSSR count). The second-order valence-corrected chi connectivity index (χ2v) is 5.65. The van der Waals surface area contributed by atoms with E-state index in [0.29, 0.717) is 5.56 Å². The van der Waals surface area contributed by atoms with Crippen LogP contribution in [0.1, 0.15) is 5.56 Å². The van der Waals surface area contributed by atoms with Gasteiger partial charge in [0.1, 0.15) is 13.2 Å². The van der Waals surface area contributed by atoms with Gasteiger partial charge in [-0.2, -0.15) is 0 Å². The lowest BCUT2D eigenvalue weighted by atomic mass is 10.2. The molecular formula is C11H16N4O4S. The lowest BCUT2D eigenvalue weighted by Crippen LogP contribution is -2.37. The van der Waals surface area contributed by atoms with Crippen molar-refractivity contribution in [1.29, 1.82) is 5.41 Å². The first-order valence-corrected chi connectivity index (χ1v) is 7.07. The van der Waals surface area contributed by atoms with E-state index in [2.05, 4.69) is 0 Å². The van der Waals surface area contributed by atoms with E-state index in [1.54, 1.807) is 0 Å². The lowest BCUT2D eigenvalue weighted by molar-refractivity contribution is -0.145. The van der Waals surface area contributed by atoms with E-state index in [0.717, 1.165) is 0 Å². The number of hydrogen-bond acceptors (Lipinski definition) is 5. The highest BCUT2D eigenvalue weighted by molar-refractivity contribution is 7.89. The summed E-state index contributed by atoms with van der Waals surface area (Å²) in [5.41, 5.74) is 5.80. The SMILES string of the molecule is CN(CC(=O)OCc1ccc(S(N)(=O)=O)cc1)C(=N)N. The molecule has 0 aliphatic heterocycles. The number of nitrogens with zero attached hydrogens (tertiary/aromatic N) is 1. The highest BCUT2D eigenvalue weighted by Crippen LogP contribution is 2.09. The maximum absolute atomic E-state index is 11.4. The Morgan fingerprint density at radius 1 is 1.35 bits per heavy atom. The fourth-order valence-corrected chi connectivity index (χ4v) is 1.78. The molecule has 9 heteroatoms. The van der Waals surface area contributed by atoms with Gasteiger partial charge in [-0.05, 0) is 17.7 Å². The summed E-state index contributed by atoms with van der Waals surface area (Å²) in [4.78, 5) is 12.6. The topological polar surface area (TPSA) is 140 Å². The first kappa shape index (κ1) is 15.9. The Morgan fingerprint density at radius 3 is 2.35 bits per heavy atom. The van der Waals surface area contributed by atoms with Gasteiger partial charge in [-0.15, -0.1) is 0 Å². The number of ether oxygens (including phenoxy) is 1. The Morgan fingerprint density at radius 2 is 1.90 bits per heavy atom. The third-order valence-electron chi connectivity index (χ3n) is 2.43.